The van der Waals surface area contributed by atoms with Gasteiger partial charge >= 0.3 is 6.18 Å². The maximum atomic E-state index is 12.6. The van der Waals surface area contributed by atoms with Crippen LogP contribution in [0.3, 0.4) is 0 Å². The van der Waals surface area contributed by atoms with Gasteiger partial charge in [-0.1, -0.05) is 0 Å². The maximum absolute atomic E-state index is 12.6. The molecule has 3 heterocycles. The number of carbonyl (C=O) groups excluding carboxylic acids is 1. The van der Waals surface area contributed by atoms with Gasteiger partial charge in [-0.05, 0) is 38.0 Å². The van der Waals surface area contributed by atoms with Gasteiger partial charge in [-0.15, -0.1) is 0 Å². The standard InChI is InChI=1S/C15H16F3N3O2/c1-9-4-5-12(23-9)14(22)21-6-2-3-10(8-21)11-7-13(20-19-11)15(16,17)18/h4-5,7,10H,2-3,6,8H2,1H3,(H,19,20)/t10-/m0/s1. The van der Waals surface area contributed by atoms with E-state index in [1.807, 2.05) is 0 Å². The van der Waals surface area contributed by atoms with E-state index in [1.165, 1.54) is 0 Å². The molecule has 3 rings (SSSR count). The van der Waals surface area contributed by atoms with Crippen molar-refractivity contribution in [2.24, 2.45) is 0 Å². The second-order valence-corrected chi connectivity index (χ2v) is 5.71. The van der Waals surface area contributed by atoms with E-state index in [0.29, 0.717) is 31.0 Å². The number of furan rings is 1. The normalized spacial score (nSPS) is 19.1. The van der Waals surface area contributed by atoms with Gasteiger partial charge in [-0.3, -0.25) is 9.89 Å². The summed E-state index contributed by atoms with van der Waals surface area (Å²) >= 11 is 0. The number of nitrogens with zero attached hydrogens (tertiary/aromatic N) is 2. The molecule has 0 saturated carbocycles. The van der Waals surface area contributed by atoms with Gasteiger partial charge in [0, 0.05) is 24.7 Å². The number of aromatic nitrogens is 2. The number of hydrogen-bond acceptors (Lipinski definition) is 3. The van der Waals surface area contributed by atoms with Gasteiger partial charge in [0.2, 0.25) is 0 Å². The van der Waals surface area contributed by atoms with Crippen molar-refractivity contribution in [1.82, 2.24) is 15.1 Å². The average molecular weight is 327 g/mol. The van der Waals surface area contributed by atoms with Crippen molar-refractivity contribution in [3.05, 3.63) is 41.1 Å². The van der Waals surface area contributed by atoms with Crippen LogP contribution in [0.4, 0.5) is 13.2 Å². The summed E-state index contributed by atoms with van der Waals surface area (Å²) in [6, 6.07) is 4.34. The molecular weight excluding hydrogens is 311 g/mol. The Bertz CT molecular complexity index is 705. The number of aromatic amines is 1. The van der Waals surface area contributed by atoms with Crippen LogP contribution in [0.1, 0.15) is 46.5 Å². The lowest BCUT2D eigenvalue weighted by atomic mass is 9.94. The van der Waals surface area contributed by atoms with Crippen LogP contribution in [0.5, 0.6) is 0 Å². The van der Waals surface area contributed by atoms with Gasteiger partial charge < -0.3 is 9.32 Å². The zero-order valence-corrected chi connectivity index (χ0v) is 12.5. The SMILES string of the molecule is Cc1ccc(C(=O)N2CCC[C@H](c3cc(C(F)(F)F)n[nH]3)C2)o1. The van der Waals surface area contributed by atoms with Crippen LogP contribution in [0, 0.1) is 6.92 Å². The molecule has 0 bridgehead atoms. The van der Waals surface area contributed by atoms with E-state index < -0.39 is 11.9 Å². The number of likely N-dealkylation sites (tertiary alicyclic amines) is 1. The highest BCUT2D eigenvalue weighted by Gasteiger charge is 2.35. The number of piperidine rings is 1. The van der Waals surface area contributed by atoms with E-state index in [9.17, 15) is 18.0 Å². The largest absolute Gasteiger partial charge is 0.456 e. The monoisotopic (exact) mass is 327 g/mol. The molecule has 0 radical (unpaired) electrons. The lowest BCUT2D eigenvalue weighted by molar-refractivity contribution is -0.141. The number of hydrogen-bond donors (Lipinski definition) is 1. The number of H-pyrrole nitrogens is 1. The molecule has 124 valence electrons. The summed E-state index contributed by atoms with van der Waals surface area (Å²) in [6.07, 6.45) is -3.04. The molecule has 0 unspecified atom stereocenters. The van der Waals surface area contributed by atoms with E-state index in [2.05, 4.69) is 10.2 Å². The zero-order chi connectivity index (χ0) is 16.6. The molecule has 5 nitrogen and oxygen atoms in total. The molecule has 1 fully saturated rings. The fourth-order valence-corrected chi connectivity index (χ4v) is 2.81. The maximum Gasteiger partial charge on any atom is 0.435 e. The van der Waals surface area contributed by atoms with Gasteiger partial charge in [0.1, 0.15) is 5.76 Å². The number of nitrogens with one attached hydrogen (secondary N) is 1. The van der Waals surface area contributed by atoms with Gasteiger partial charge in [0.15, 0.2) is 11.5 Å². The summed E-state index contributed by atoms with van der Waals surface area (Å²) in [5.74, 6) is 0.472. The lowest BCUT2D eigenvalue weighted by Gasteiger charge is -2.31. The number of rotatable bonds is 2. The van der Waals surface area contributed by atoms with E-state index in [0.717, 1.165) is 12.5 Å². The molecule has 0 aromatic carbocycles. The predicted octanol–water partition coefficient (Wildman–Crippen LogP) is 3.35. The Morgan fingerprint density at radius 2 is 2.22 bits per heavy atom. The van der Waals surface area contributed by atoms with Crippen molar-refractivity contribution in [2.75, 3.05) is 13.1 Å². The quantitative estimate of drug-likeness (QED) is 0.920. The van der Waals surface area contributed by atoms with Crippen molar-refractivity contribution in [2.45, 2.75) is 31.9 Å². The summed E-state index contributed by atoms with van der Waals surface area (Å²) in [5.41, 5.74) is -0.525. The van der Waals surface area contributed by atoms with Crippen LogP contribution in [0.25, 0.3) is 0 Å². The molecule has 1 amide bonds. The topological polar surface area (TPSA) is 62.1 Å². The third kappa shape index (κ3) is 3.25. The third-order valence-electron chi connectivity index (χ3n) is 3.99. The van der Waals surface area contributed by atoms with Gasteiger partial charge in [0.25, 0.3) is 5.91 Å². The van der Waals surface area contributed by atoms with Crippen molar-refractivity contribution in [1.29, 1.82) is 0 Å². The number of alkyl halides is 3. The van der Waals surface area contributed by atoms with Gasteiger partial charge in [-0.25, -0.2) is 0 Å². The highest BCUT2D eigenvalue weighted by molar-refractivity contribution is 5.91. The third-order valence-corrected chi connectivity index (χ3v) is 3.99. The van der Waals surface area contributed by atoms with Crippen LogP contribution < -0.4 is 0 Å². The Kier molecular flexibility index (Phi) is 3.91. The van der Waals surface area contributed by atoms with Crippen LogP contribution >= 0.6 is 0 Å². The first-order valence-corrected chi connectivity index (χ1v) is 7.33. The van der Waals surface area contributed by atoms with E-state index in [4.69, 9.17) is 4.42 Å². The first-order chi connectivity index (χ1) is 10.8. The summed E-state index contributed by atoms with van der Waals surface area (Å²) in [6.45, 7) is 2.66. The Balaban J connectivity index is 1.73. The first-order valence-electron chi connectivity index (χ1n) is 7.33. The average Bonchev–Trinajstić information content (AvgIpc) is 3.15. The van der Waals surface area contributed by atoms with E-state index in [-0.39, 0.29) is 17.6 Å². The predicted molar refractivity (Wildman–Crippen MR) is 74.9 cm³/mol. The molecule has 2 aromatic heterocycles. The molecular formula is C15H16F3N3O2. The lowest BCUT2D eigenvalue weighted by Crippen LogP contribution is -2.39. The molecule has 2 aromatic rings. The van der Waals surface area contributed by atoms with Crippen molar-refractivity contribution in [3.8, 4) is 0 Å². The Hall–Kier alpha value is -2.25. The molecule has 1 aliphatic rings. The van der Waals surface area contributed by atoms with Gasteiger partial charge in [0.05, 0.1) is 0 Å². The second-order valence-electron chi connectivity index (χ2n) is 5.71. The summed E-state index contributed by atoms with van der Waals surface area (Å²) < 4.78 is 43.2. The number of halogens is 3. The first kappa shape index (κ1) is 15.6. The van der Waals surface area contributed by atoms with E-state index in [1.54, 1.807) is 24.0 Å². The summed E-state index contributed by atoms with van der Waals surface area (Å²) in [4.78, 5) is 14.0. The molecule has 8 heteroatoms. The van der Waals surface area contributed by atoms with Gasteiger partial charge in [-0.2, -0.15) is 18.3 Å². The van der Waals surface area contributed by atoms with Crippen LogP contribution in [0.2, 0.25) is 0 Å². The van der Waals surface area contributed by atoms with Crippen LogP contribution in [-0.2, 0) is 6.18 Å². The summed E-state index contributed by atoms with van der Waals surface area (Å²) in [5, 5.41) is 5.78. The molecule has 1 aliphatic heterocycles. The van der Waals surface area contributed by atoms with Crippen molar-refractivity contribution in [3.63, 3.8) is 0 Å². The Labute approximate surface area is 130 Å². The molecule has 1 atom stereocenters. The van der Waals surface area contributed by atoms with Crippen LogP contribution in [0.15, 0.2) is 22.6 Å². The smallest absolute Gasteiger partial charge is 0.435 e. The highest BCUT2D eigenvalue weighted by Crippen LogP contribution is 2.32. The molecule has 1 saturated heterocycles. The molecule has 23 heavy (non-hydrogen) atoms. The van der Waals surface area contributed by atoms with Crippen molar-refractivity contribution >= 4 is 5.91 Å². The second kappa shape index (κ2) is 5.75. The number of aryl methyl sites for hydroxylation is 1. The number of amides is 1. The summed E-state index contributed by atoms with van der Waals surface area (Å²) in [7, 11) is 0. The molecule has 0 spiro atoms. The minimum absolute atomic E-state index is 0.188. The molecule has 0 aliphatic carbocycles. The van der Waals surface area contributed by atoms with Crippen molar-refractivity contribution < 1.29 is 22.4 Å². The zero-order valence-electron chi connectivity index (χ0n) is 12.5. The minimum atomic E-state index is -4.47. The fourth-order valence-electron chi connectivity index (χ4n) is 2.81. The molecule has 1 N–H and O–H groups in total. The fraction of sp³-hybridized carbons (Fsp3) is 0.467. The number of carbonyl (C=O) groups is 1. The minimum Gasteiger partial charge on any atom is -0.456 e. The Morgan fingerprint density at radius 1 is 1.43 bits per heavy atom. The van der Waals surface area contributed by atoms with Crippen LogP contribution in [-0.4, -0.2) is 34.1 Å². The Morgan fingerprint density at radius 3 is 2.83 bits per heavy atom. The highest BCUT2D eigenvalue weighted by atomic mass is 19.4. The van der Waals surface area contributed by atoms with E-state index >= 15 is 0 Å².